The van der Waals surface area contributed by atoms with Gasteiger partial charge in [-0.3, -0.25) is 4.79 Å². The van der Waals surface area contributed by atoms with Crippen LogP contribution in [0.5, 0.6) is 17.2 Å². The summed E-state index contributed by atoms with van der Waals surface area (Å²) < 4.78 is 35.0. The fourth-order valence-corrected chi connectivity index (χ4v) is 6.05. The molecule has 1 N–H and O–H groups in total. The van der Waals surface area contributed by atoms with E-state index >= 15 is 0 Å². The Kier molecular flexibility index (Phi) is 11.9. The van der Waals surface area contributed by atoms with Crippen molar-refractivity contribution in [1.29, 1.82) is 0 Å². The molecule has 0 bridgehead atoms. The van der Waals surface area contributed by atoms with Crippen LogP contribution in [0.4, 0.5) is 5.69 Å². The number of nitrogens with one attached hydrogen (secondary N) is 1. The van der Waals surface area contributed by atoms with Crippen LogP contribution in [0.25, 0.3) is 0 Å². The summed E-state index contributed by atoms with van der Waals surface area (Å²) in [4.78, 5) is 15.0. The van der Waals surface area contributed by atoms with Crippen molar-refractivity contribution in [1.82, 2.24) is 5.32 Å². The van der Waals surface area contributed by atoms with Crippen molar-refractivity contribution in [3.05, 3.63) is 83.4 Å². The summed E-state index contributed by atoms with van der Waals surface area (Å²) in [7, 11) is 3.35. The molecule has 0 radical (unpaired) electrons. The molecule has 2 atom stereocenters. The number of hydrogen-bond donors (Lipinski definition) is 1. The topological polar surface area (TPSA) is 87.7 Å². The average Bonchev–Trinajstić information content (AvgIpc) is 3.07. The molecule has 0 aliphatic carbocycles. The predicted molar refractivity (Wildman–Crippen MR) is 178 cm³/mol. The summed E-state index contributed by atoms with van der Waals surface area (Å²) in [5.41, 5.74) is 3.17. The molecule has 0 aromatic heterocycles. The van der Waals surface area contributed by atoms with Gasteiger partial charge in [0.25, 0.3) is 5.91 Å². The molecule has 1 fully saturated rings. The quantitative estimate of drug-likeness (QED) is 0.196. The number of piperidine rings is 1. The number of hydrogen-bond acceptors (Lipinski definition) is 8. The van der Waals surface area contributed by atoms with E-state index in [0.29, 0.717) is 45.3 Å². The number of anilines is 1. The molecule has 9 nitrogen and oxygen atoms in total. The van der Waals surface area contributed by atoms with Gasteiger partial charge >= 0.3 is 0 Å². The van der Waals surface area contributed by atoms with Crippen LogP contribution in [0.1, 0.15) is 55.7 Å². The maximum absolute atomic E-state index is 13.2. The summed E-state index contributed by atoms with van der Waals surface area (Å²) in [6, 6.07) is 22.3. The van der Waals surface area contributed by atoms with Gasteiger partial charge in [0.15, 0.2) is 5.60 Å². The third-order valence-electron chi connectivity index (χ3n) is 8.52. The minimum atomic E-state index is -0.911. The lowest BCUT2D eigenvalue weighted by molar-refractivity contribution is -0.132. The van der Waals surface area contributed by atoms with Gasteiger partial charge in [0, 0.05) is 44.7 Å². The first-order valence-corrected chi connectivity index (χ1v) is 16.3. The van der Waals surface area contributed by atoms with Crippen molar-refractivity contribution in [3.63, 3.8) is 0 Å². The van der Waals surface area contributed by atoms with Crippen LogP contribution in [-0.4, -0.2) is 71.3 Å². The van der Waals surface area contributed by atoms with Crippen LogP contribution in [0, 0.1) is 0 Å². The second-order valence-corrected chi connectivity index (χ2v) is 12.3. The number of benzene rings is 3. The van der Waals surface area contributed by atoms with Crippen LogP contribution >= 0.6 is 0 Å². The Labute approximate surface area is 273 Å². The summed E-state index contributed by atoms with van der Waals surface area (Å²) >= 11 is 0. The van der Waals surface area contributed by atoms with Crippen LogP contribution in [0.3, 0.4) is 0 Å². The Morgan fingerprint density at radius 2 is 1.78 bits per heavy atom. The van der Waals surface area contributed by atoms with Crippen LogP contribution in [-0.2, 0) is 32.2 Å². The molecule has 2 heterocycles. The molecule has 2 aliphatic heterocycles. The van der Waals surface area contributed by atoms with E-state index in [1.54, 1.807) is 14.2 Å². The molecule has 0 saturated carbocycles. The van der Waals surface area contributed by atoms with Crippen molar-refractivity contribution >= 4 is 11.6 Å². The SMILES string of the molecule is COCCCN1C(=O)C(C)(C)Oc2ccc(CO[C@H]3CNCC[C@@H]3c3ccc(OCCCOCc4ccccc4OC)cc3)cc21. The second kappa shape index (κ2) is 16.3. The van der Waals surface area contributed by atoms with Crippen LogP contribution in [0.2, 0.25) is 0 Å². The predicted octanol–water partition coefficient (Wildman–Crippen LogP) is 5.88. The maximum Gasteiger partial charge on any atom is 0.270 e. The molecule has 46 heavy (non-hydrogen) atoms. The van der Waals surface area contributed by atoms with E-state index in [0.717, 1.165) is 60.7 Å². The largest absolute Gasteiger partial charge is 0.496 e. The molecule has 5 rings (SSSR count). The summed E-state index contributed by atoms with van der Waals surface area (Å²) in [6.45, 7) is 8.68. The first-order valence-electron chi connectivity index (χ1n) is 16.3. The Hall–Kier alpha value is -3.63. The number of fused-ring (bicyclic) bond motifs is 1. The maximum atomic E-state index is 13.2. The van der Waals surface area contributed by atoms with Gasteiger partial charge in [0.1, 0.15) is 17.2 Å². The number of ether oxygens (including phenoxy) is 6. The fourth-order valence-electron chi connectivity index (χ4n) is 6.05. The van der Waals surface area contributed by atoms with Gasteiger partial charge in [-0.1, -0.05) is 36.4 Å². The van der Waals surface area contributed by atoms with Gasteiger partial charge in [-0.2, -0.15) is 0 Å². The second-order valence-electron chi connectivity index (χ2n) is 12.3. The van der Waals surface area contributed by atoms with E-state index in [4.69, 9.17) is 28.4 Å². The Bertz CT molecular complexity index is 1410. The molecule has 2 aliphatic rings. The van der Waals surface area contributed by atoms with Crippen molar-refractivity contribution in [3.8, 4) is 17.2 Å². The molecular weight excluding hydrogens is 584 g/mol. The van der Waals surface area contributed by atoms with Gasteiger partial charge in [-0.25, -0.2) is 0 Å². The van der Waals surface area contributed by atoms with Gasteiger partial charge in [0.05, 0.1) is 45.3 Å². The molecule has 1 amide bonds. The summed E-state index contributed by atoms with van der Waals surface area (Å²) in [5.74, 6) is 2.63. The Balaban J connectivity index is 1.12. The molecule has 3 aromatic carbocycles. The fraction of sp³-hybridized carbons (Fsp3) is 0.486. The minimum Gasteiger partial charge on any atom is -0.496 e. The zero-order valence-corrected chi connectivity index (χ0v) is 27.6. The third kappa shape index (κ3) is 8.59. The standard InChI is InChI=1S/C37H48N2O7/c1-37(2)36(40)39(19-7-20-41-3)32-23-27(11-16-34(32)46-37)25-45-35-24-38-18-17-31(35)28-12-14-30(15-13-28)44-22-8-21-43-26-29-9-5-6-10-33(29)42-4/h5-6,9-16,23,31,35,38H,7-8,17-22,24-26H2,1-4H3/t31-,35+/m1/s1. The first kappa shape index (κ1) is 33.7. The van der Waals surface area contributed by atoms with Crippen LogP contribution < -0.4 is 24.4 Å². The lowest BCUT2D eigenvalue weighted by Gasteiger charge is -2.39. The molecule has 9 heteroatoms. The number of carbonyl (C=O) groups is 1. The molecule has 1 saturated heterocycles. The van der Waals surface area contributed by atoms with E-state index < -0.39 is 5.60 Å². The molecule has 0 unspecified atom stereocenters. The van der Waals surface area contributed by atoms with E-state index in [-0.39, 0.29) is 17.9 Å². The van der Waals surface area contributed by atoms with E-state index in [9.17, 15) is 4.79 Å². The zero-order chi connectivity index (χ0) is 32.4. The molecular formula is C37H48N2O7. The van der Waals surface area contributed by atoms with E-state index in [1.165, 1.54) is 5.56 Å². The normalized spacial score (nSPS) is 19.0. The summed E-state index contributed by atoms with van der Waals surface area (Å²) in [6.07, 6.45) is 2.55. The highest BCUT2D eigenvalue weighted by Gasteiger charge is 2.40. The molecule has 0 spiro atoms. The van der Waals surface area contributed by atoms with E-state index in [1.807, 2.05) is 73.3 Å². The van der Waals surface area contributed by atoms with Gasteiger partial charge < -0.3 is 38.6 Å². The van der Waals surface area contributed by atoms with Crippen molar-refractivity contribution in [2.24, 2.45) is 0 Å². The smallest absolute Gasteiger partial charge is 0.270 e. The van der Waals surface area contributed by atoms with Crippen molar-refractivity contribution < 1.29 is 33.2 Å². The highest BCUT2D eigenvalue weighted by Crippen LogP contribution is 2.39. The number of methoxy groups -OCH3 is 2. The van der Waals surface area contributed by atoms with Crippen molar-refractivity contribution in [2.45, 2.75) is 63.9 Å². The average molecular weight is 633 g/mol. The van der Waals surface area contributed by atoms with Crippen LogP contribution in [0.15, 0.2) is 66.7 Å². The lowest BCUT2D eigenvalue weighted by Crippen LogP contribution is -2.52. The summed E-state index contributed by atoms with van der Waals surface area (Å²) in [5, 5.41) is 3.49. The number of amides is 1. The van der Waals surface area contributed by atoms with Gasteiger partial charge in [0.2, 0.25) is 0 Å². The van der Waals surface area contributed by atoms with E-state index in [2.05, 4.69) is 17.4 Å². The van der Waals surface area contributed by atoms with Gasteiger partial charge in [-0.05, 0) is 74.7 Å². The highest BCUT2D eigenvalue weighted by atomic mass is 16.5. The number of carbonyl (C=O) groups excluding carboxylic acids is 1. The zero-order valence-electron chi connectivity index (χ0n) is 27.6. The van der Waals surface area contributed by atoms with Gasteiger partial charge in [-0.15, -0.1) is 0 Å². The minimum absolute atomic E-state index is 0.0200. The number of nitrogens with zero attached hydrogens (tertiary/aromatic N) is 1. The third-order valence-corrected chi connectivity index (χ3v) is 8.52. The monoisotopic (exact) mass is 632 g/mol. The Morgan fingerprint density at radius 1 is 0.957 bits per heavy atom. The Morgan fingerprint density at radius 3 is 2.59 bits per heavy atom. The lowest BCUT2D eigenvalue weighted by atomic mass is 9.87. The number of rotatable bonds is 16. The molecule has 3 aromatic rings. The molecule has 248 valence electrons. The number of para-hydroxylation sites is 1. The first-order chi connectivity index (χ1) is 22.4. The van der Waals surface area contributed by atoms with Crippen molar-refractivity contribution in [2.75, 3.05) is 58.6 Å². The highest BCUT2D eigenvalue weighted by molar-refractivity contribution is 6.02.